The molecule has 1 N–H and O–H groups in total. The van der Waals surface area contributed by atoms with Crippen LogP contribution in [0.4, 0.5) is 0 Å². The smallest absolute Gasteiger partial charge is 0.186 e. The molecule has 6 heteroatoms. The highest BCUT2D eigenvalue weighted by molar-refractivity contribution is 5.17. The van der Waals surface area contributed by atoms with Gasteiger partial charge in [0.1, 0.15) is 24.4 Å². The molecule has 6 atom stereocenters. The van der Waals surface area contributed by atoms with Crippen LogP contribution in [0.2, 0.25) is 0 Å². The zero-order valence-electron chi connectivity index (χ0n) is 15.1. The second-order valence-electron chi connectivity index (χ2n) is 6.71. The fourth-order valence-electron chi connectivity index (χ4n) is 3.48. The molecule has 27 heavy (non-hydrogen) atoms. The van der Waals surface area contributed by atoms with Crippen molar-refractivity contribution in [2.24, 2.45) is 0 Å². The van der Waals surface area contributed by atoms with Gasteiger partial charge in [-0.1, -0.05) is 60.7 Å². The highest BCUT2D eigenvalue weighted by atomic mass is 16.8. The number of benzene rings is 2. The van der Waals surface area contributed by atoms with Crippen LogP contribution in [0.5, 0.6) is 0 Å². The van der Waals surface area contributed by atoms with Crippen molar-refractivity contribution in [2.45, 2.75) is 43.6 Å². The lowest BCUT2D eigenvalue weighted by Gasteiger charge is -2.47. The third-order valence-electron chi connectivity index (χ3n) is 4.90. The molecule has 0 aromatic heterocycles. The number of rotatable bonds is 5. The van der Waals surface area contributed by atoms with E-state index in [0.717, 1.165) is 11.1 Å². The molecule has 0 spiro atoms. The number of methoxy groups -OCH3 is 1. The predicted octanol–water partition coefficient (Wildman–Crippen LogP) is 2.42. The number of hydrogen-bond donors (Lipinski definition) is 1. The van der Waals surface area contributed by atoms with Crippen LogP contribution in [0.3, 0.4) is 0 Å². The Morgan fingerprint density at radius 1 is 1.00 bits per heavy atom. The van der Waals surface area contributed by atoms with Gasteiger partial charge in [-0.2, -0.15) is 0 Å². The first-order chi connectivity index (χ1) is 13.3. The maximum atomic E-state index is 10.9. The Balaban J connectivity index is 1.46. The standard InChI is InChI=1S/C21H24O6/c1-23-21-19(24-12-14-8-4-2-5-9-14)17(22)18-16(26-21)13-25-20(27-18)15-10-6-3-7-11-15/h2-11,16-22H,12-13H2,1H3/t16?,17-,18-,19?,20?,21+/m0/s1. The van der Waals surface area contributed by atoms with Crippen molar-refractivity contribution in [3.8, 4) is 0 Å². The molecule has 6 nitrogen and oxygen atoms in total. The molecule has 0 radical (unpaired) electrons. The maximum absolute atomic E-state index is 10.9. The van der Waals surface area contributed by atoms with Crippen molar-refractivity contribution < 1.29 is 28.8 Å². The van der Waals surface area contributed by atoms with Gasteiger partial charge in [0.2, 0.25) is 0 Å². The van der Waals surface area contributed by atoms with Gasteiger partial charge >= 0.3 is 0 Å². The molecule has 144 valence electrons. The fraction of sp³-hybridized carbons (Fsp3) is 0.429. The van der Waals surface area contributed by atoms with E-state index in [1.54, 1.807) is 0 Å². The Labute approximate surface area is 158 Å². The summed E-state index contributed by atoms with van der Waals surface area (Å²) in [4.78, 5) is 0. The summed E-state index contributed by atoms with van der Waals surface area (Å²) in [6.45, 7) is 0.661. The molecule has 2 fully saturated rings. The molecular formula is C21H24O6. The van der Waals surface area contributed by atoms with Crippen LogP contribution in [-0.2, 0) is 30.3 Å². The summed E-state index contributed by atoms with van der Waals surface area (Å²) < 4.78 is 29.1. The SMILES string of the molecule is CO[C@@H]1OC2COC(c3ccccc3)O[C@@H]2[C@H](O)C1OCc1ccccc1. The summed E-state index contributed by atoms with van der Waals surface area (Å²) in [6.07, 6.45) is -3.76. The van der Waals surface area contributed by atoms with Crippen molar-refractivity contribution in [3.05, 3.63) is 71.8 Å². The predicted molar refractivity (Wildman–Crippen MR) is 96.7 cm³/mol. The highest BCUT2D eigenvalue weighted by Crippen LogP contribution is 2.35. The third kappa shape index (κ3) is 4.06. The van der Waals surface area contributed by atoms with E-state index in [0.29, 0.717) is 13.2 Å². The quantitative estimate of drug-likeness (QED) is 0.870. The van der Waals surface area contributed by atoms with Crippen LogP contribution in [0.15, 0.2) is 60.7 Å². The van der Waals surface area contributed by atoms with Crippen molar-refractivity contribution in [3.63, 3.8) is 0 Å². The Kier molecular flexibility index (Phi) is 5.83. The molecule has 4 rings (SSSR count). The molecule has 2 saturated heterocycles. The number of aliphatic hydroxyl groups is 1. The Morgan fingerprint density at radius 2 is 1.70 bits per heavy atom. The maximum Gasteiger partial charge on any atom is 0.186 e. The normalized spacial score (nSPS) is 33.4. The van der Waals surface area contributed by atoms with Gasteiger partial charge in [0.25, 0.3) is 0 Å². The number of ether oxygens (including phenoxy) is 5. The summed E-state index contributed by atoms with van der Waals surface area (Å²) >= 11 is 0. The van der Waals surface area contributed by atoms with Crippen molar-refractivity contribution in [1.82, 2.24) is 0 Å². The lowest BCUT2D eigenvalue weighted by molar-refractivity contribution is -0.363. The van der Waals surface area contributed by atoms with Gasteiger partial charge < -0.3 is 28.8 Å². The average Bonchev–Trinajstić information content (AvgIpc) is 2.74. The summed E-state index contributed by atoms with van der Waals surface area (Å²) in [5.74, 6) is 0. The average molecular weight is 372 g/mol. The minimum atomic E-state index is -0.896. The van der Waals surface area contributed by atoms with E-state index in [-0.39, 0.29) is 0 Å². The minimum Gasteiger partial charge on any atom is -0.387 e. The monoisotopic (exact) mass is 372 g/mol. The van der Waals surface area contributed by atoms with Crippen molar-refractivity contribution in [1.29, 1.82) is 0 Å². The van der Waals surface area contributed by atoms with E-state index in [2.05, 4.69) is 0 Å². The molecule has 2 aromatic carbocycles. The van der Waals surface area contributed by atoms with Gasteiger partial charge in [-0.05, 0) is 5.56 Å². The summed E-state index contributed by atoms with van der Waals surface area (Å²) in [5.41, 5.74) is 1.91. The molecule has 3 unspecified atom stereocenters. The molecule has 2 aromatic rings. The molecular weight excluding hydrogens is 348 g/mol. The lowest BCUT2D eigenvalue weighted by atomic mass is 9.97. The molecule has 0 amide bonds. The first kappa shape index (κ1) is 18.6. The van der Waals surface area contributed by atoms with Crippen molar-refractivity contribution in [2.75, 3.05) is 13.7 Å². The van der Waals surface area contributed by atoms with E-state index in [1.165, 1.54) is 7.11 Å². The molecule has 2 aliphatic rings. The number of aliphatic hydroxyl groups excluding tert-OH is 1. The van der Waals surface area contributed by atoms with Gasteiger partial charge in [-0.25, -0.2) is 0 Å². The van der Waals surface area contributed by atoms with E-state index in [4.69, 9.17) is 23.7 Å². The van der Waals surface area contributed by atoms with Gasteiger partial charge in [0.05, 0.1) is 13.2 Å². The van der Waals surface area contributed by atoms with Crippen LogP contribution in [0, 0.1) is 0 Å². The Morgan fingerprint density at radius 3 is 2.41 bits per heavy atom. The van der Waals surface area contributed by atoms with E-state index in [9.17, 15) is 5.11 Å². The van der Waals surface area contributed by atoms with Crippen LogP contribution in [0.25, 0.3) is 0 Å². The summed E-state index contributed by atoms with van der Waals surface area (Å²) in [7, 11) is 1.54. The van der Waals surface area contributed by atoms with E-state index >= 15 is 0 Å². The minimum absolute atomic E-state index is 0.312. The zero-order chi connectivity index (χ0) is 18.6. The zero-order valence-corrected chi connectivity index (χ0v) is 15.1. The topological polar surface area (TPSA) is 66.4 Å². The lowest BCUT2D eigenvalue weighted by Crippen LogP contribution is -2.62. The van der Waals surface area contributed by atoms with Gasteiger partial charge in [0, 0.05) is 12.7 Å². The number of hydrogen-bond acceptors (Lipinski definition) is 6. The van der Waals surface area contributed by atoms with Gasteiger partial charge in [-0.3, -0.25) is 0 Å². The van der Waals surface area contributed by atoms with Crippen LogP contribution in [0.1, 0.15) is 17.4 Å². The first-order valence-electron chi connectivity index (χ1n) is 9.10. The van der Waals surface area contributed by atoms with Crippen LogP contribution < -0.4 is 0 Å². The Hall–Kier alpha value is -1.80. The molecule has 0 aliphatic carbocycles. The number of fused-ring (bicyclic) bond motifs is 1. The van der Waals surface area contributed by atoms with Crippen molar-refractivity contribution >= 4 is 0 Å². The summed E-state index contributed by atoms with van der Waals surface area (Å²) in [6, 6.07) is 19.4. The highest BCUT2D eigenvalue weighted by Gasteiger charge is 2.50. The second kappa shape index (κ2) is 8.48. The molecule has 0 saturated carbocycles. The fourth-order valence-corrected chi connectivity index (χ4v) is 3.48. The summed E-state index contributed by atoms with van der Waals surface area (Å²) in [5, 5.41) is 10.9. The van der Waals surface area contributed by atoms with Gasteiger partial charge in [-0.15, -0.1) is 0 Å². The molecule has 2 aliphatic heterocycles. The first-order valence-corrected chi connectivity index (χ1v) is 9.10. The largest absolute Gasteiger partial charge is 0.387 e. The van der Waals surface area contributed by atoms with E-state index < -0.39 is 37.0 Å². The van der Waals surface area contributed by atoms with Gasteiger partial charge in [0.15, 0.2) is 12.6 Å². The Bertz CT molecular complexity index is 703. The van der Waals surface area contributed by atoms with Crippen LogP contribution >= 0.6 is 0 Å². The molecule has 2 heterocycles. The second-order valence-corrected chi connectivity index (χ2v) is 6.71. The van der Waals surface area contributed by atoms with E-state index in [1.807, 2.05) is 60.7 Å². The molecule has 0 bridgehead atoms. The van der Waals surface area contributed by atoms with Crippen LogP contribution in [-0.4, -0.2) is 49.5 Å². The third-order valence-corrected chi connectivity index (χ3v) is 4.90.